The van der Waals surface area contributed by atoms with E-state index in [1.165, 1.54) is 16.8 Å². The van der Waals surface area contributed by atoms with Crippen LogP contribution in [0.4, 0.5) is 10.1 Å². The smallest absolute Gasteiger partial charge is 0.276 e. The van der Waals surface area contributed by atoms with E-state index in [2.05, 4.69) is 10.4 Å². The van der Waals surface area contributed by atoms with E-state index < -0.39 is 5.91 Å². The molecule has 0 spiro atoms. The van der Waals surface area contributed by atoms with Gasteiger partial charge < -0.3 is 15.0 Å². The summed E-state index contributed by atoms with van der Waals surface area (Å²) in [5.74, 6) is -0.360. The first-order valence-electron chi connectivity index (χ1n) is 9.11. The largest absolute Gasteiger partial charge is 0.497 e. The van der Waals surface area contributed by atoms with Gasteiger partial charge in [0.2, 0.25) is 0 Å². The van der Waals surface area contributed by atoms with Crippen LogP contribution in [0.15, 0.2) is 54.6 Å². The Balaban J connectivity index is 1.49. The van der Waals surface area contributed by atoms with Crippen molar-refractivity contribution in [1.82, 2.24) is 14.7 Å². The number of aromatic nitrogens is 2. The van der Waals surface area contributed by atoms with Crippen molar-refractivity contribution < 1.29 is 18.7 Å². The van der Waals surface area contributed by atoms with Crippen molar-refractivity contribution >= 4 is 17.5 Å². The zero-order valence-corrected chi connectivity index (χ0v) is 15.8. The van der Waals surface area contributed by atoms with Crippen LogP contribution in [-0.2, 0) is 13.1 Å². The zero-order chi connectivity index (χ0) is 20.4. The molecular weight excluding hydrogens is 375 g/mol. The third-order valence-electron chi connectivity index (χ3n) is 4.77. The molecule has 0 bridgehead atoms. The van der Waals surface area contributed by atoms with E-state index in [1.54, 1.807) is 54.5 Å². The van der Waals surface area contributed by atoms with Crippen LogP contribution in [0.1, 0.15) is 26.5 Å². The lowest BCUT2D eigenvalue weighted by atomic mass is 10.1. The van der Waals surface area contributed by atoms with E-state index in [0.717, 1.165) is 0 Å². The molecule has 1 aliphatic rings. The summed E-state index contributed by atoms with van der Waals surface area (Å²) in [6.45, 7) is 0.997. The highest BCUT2D eigenvalue weighted by molar-refractivity contribution is 6.04. The van der Waals surface area contributed by atoms with Gasteiger partial charge in [-0.2, -0.15) is 5.10 Å². The quantitative estimate of drug-likeness (QED) is 0.722. The van der Waals surface area contributed by atoms with Gasteiger partial charge in [-0.3, -0.25) is 14.3 Å². The fourth-order valence-corrected chi connectivity index (χ4v) is 3.20. The molecule has 4 rings (SSSR count). The molecule has 2 heterocycles. The molecule has 0 atom stereocenters. The molecule has 3 aromatic rings. The zero-order valence-electron chi connectivity index (χ0n) is 15.8. The number of benzene rings is 2. The van der Waals surface area contributed by atoms with Crippen molar-refractivity contribution in [2.24, 2.45) is 0 Å². The summed E-state index contributed by atoms with van der Waals surface area (Å²) in [7, 11) is 1.57. The summed E-state index contributed by atoms with van der Waals surface area (Å²) in [5.41, 5.74) is 1.50. The molecule has 1 N–H and O–H groups in total. The van der Waals surface area contributed by atoms with Gasteiger partial charge in [-0.1, -0.05) is 18.2 Å². The van der Waals surface area contributed by atoms with Crippen LogP contribution < -0.4 is 10.1 Å². The highest BCUT2D eigenvalue weighted by atomic mass is 19.1. The molecule has 0 fully saturated rings. The minimum atomic E-state index is -0.412. The number of fused-ring (bicyclic) bond motifs is 1. The molecule has 1 aliphatic heterocycles. The Hall–Kier alpha value is -3.68. The van der Waals surface area contributed by atoms with Crippen LogP contribution in [0.3, 0.4) is 0 Å². The monoisotopic (exact) mass is 394 g/mol. The van der Waals surface area contributed by atoms with Crippen LogP contribution in [0.5, 0.6) is 5.75 Å². The van der Waals surface area contributed by atoms with Crippen molar-refractivity contribution in [3.05, 3.63) is 77.4 Å². The maximum Gasteiger partial charge on any atom is 0.276 e. The van der Waals surface area contributed by atoms with Crippen molar-refractivity contribution in [3.63, 3.8) is 0 Å². The average Bonchev–Trinajstić information content (AvgIpc) is 3.18. The molecule has 1 aromatic heterocycles. The molecular formula is C21H19FN4O3. The SMILES string of the molecule is COc1ccc(NC(=O)c2cc3n(n2)CCN(Cc2ccccc2F)C3=O)cc1. The van der Waals surface area contributed by atoms with Crippen LogP contribution in [0.2, 0.25) is 0 Å². The fraction of sp³-hybridized carbons (Fsp3) is 0.190. The molecule has 2 amide bonds. The van der Waals surface area contributed by atoms with Crippen LogP contribution in [-0.4, -0.2) is 40.1 Å². The molecule has 0 radical (unpaired) electrons. The maximum atomic E-state index is 13.9. The number of amides is 2. The lowest BCUT2D eigenvalue weighted by Gasteiger charge is -2.27. The Bertz CT molecular complexity index is 1060. The third kappa shape index (κ3) is 3.82. The summed E-state index contributed by atoms with van der Waals surface area (Å²) in [5, 5.41) is 7.00. The van der Waals surface area contributed by atoms with Crippen molar-refractivity contribution in [2.75, 3.05) is 19.0 Å². The van der Waals surface area contributed by atoms with Crippen molar-refractivity contribution in [2.45, 2.75) is 13.1 Å². The maximum absolute atomic E-state index is 13.9. The second kappa shape index (κ2) is 7.75. The number of rotatable bonds is 5. The van der Waals surface area contributed by atoms with E-state index in [4.69, 9.17) is 4.74 Å². The second-order valence-corrected chi connectivity index (χ2v) is 6.64. The highest BCUT2D eigenvalue weighted by Crippen LogP contribution is 2.19. The summed E-state index contributed by atoms with van der Waals surface area (Å²) < 4.78 is 20.5. The molecule has 0 unspecified atom stereocenters. The van der Waals surface area contributed by atoms with Gasteiger partial charge in [-0.15, -0.1) is 0 Å². The Labute approximate surface area is 166 Å². The Morgan fingerprint density at radius 2 is 1.93 bits per heavy atom. The van der Waals surface area contributed by atoms with E-state index in [0.29, 0.717) is 35.8 Å². The Morgan fingerprint density at radius 3 is 2.66 bits per heavy atom. The predicted octanol–water partition coefficient (Wildman–Crippen LogP) is 2.94. The summed E-state index contributed by atoms with van der Waals surface area (Å²) in [4.78, 5) is 26.9. The van der Waals surface area contributed by atoms with Gasteiger partial charge in [0.1, 0.15) is 17.3 Å². The van der Waals surface area contributed by atoms with Crippen LogP contribution >= 0.6 is 0 Å². The van der Waals surface area contributed by atoms with Crippen LogP contribution in [0, 0.1) is 5.82 Å². The fourth-order valence-electron chi connectivity index (χ4n) is 3.20. The predicted molar refractivity (Wildman–Crippen MR) is 104 cm³/mol. The van der Waals surface area contributed by atoms with Crippen molar-refractivity contribution in [3.8, 4) is 5.75 Å². The number of carbonyl (C=O) groups is 2. The number of hydrogen-bond acceptors (Lipinski definition) is 4. The minimum Gasteiger partial charge on any atom is -0.497 e. The summed E-state index contributed by atoms with van der Waals surface area (Å²) in [6.07, 6.45) is 0. The first-order valence-corrected chi connectivity index (χ1v) is 9.11. The first-order chi connectivity index (χ1) is 14.0. The number of nitrogens with one attached hydrogen (secondary N) is 1. The summed E-state index contributed by atoms with van der Waals surface area (Å²) >= 11 is 0. The lowest BCUT2D eigenvalue weighted by molar-refractivity contribution is 0.0681. The van der Waals surface area contributed by atoms with Crippen LogP contribution in [0.25, 0.3) is 0 Å². The van der Waals surface area contributed by atoms with E-state index in [-0.39, 0.29) is 24.0 Å². The van der Waals surface area contributed by atoms with Gasteiger partial charge in [0.15, 0.2) is 5.69 Å². The first kappa shape index (κ1) is 18.7. The van der Waals surface area contributed by atoms with E-state index >= 15 is 0 Å². The lowest BCUT2D eigenvalue weighted by Crippen LogP contribution is -2.40. The molecule has 8 heteroatoms. The molecule has 7 nitrogen and oxygen atoms in total. The number of ether oxygens (including phenoxy) is 1. The topological polar surface area (TPSA) is 76.5 Å². The average molecular weight is 394 g/mol. The minimum absolute atomic E-state index is 0.150. The van der Waals surface area contributed by atoms with Gasteiger partial charge in [0.05, 0.1) is 13.7 Å². The standard InChI is InChI=1S/C21H19FN4O3/c1-29-16-8-6-15(7-9-16)23-20(27)18-12-19-21(28)25(10-11-26(19)24-18)13-14-4-2-3-5-17(14)22/h2-9,12H,10-11,13H2,1H3,(H,23,27). The molecule has 0 saturated heterocycles. The van der Waals surface area contributed by atoms with Gasteiger partial charge in [-0.05, 0) is 30.3 Å². The molecule has 0 aliphatic carbocycles. The Morgan fingerprint density at radius 1 is 1.17 bits per heavy atom. The highest BCUT2D eigenvalue weighted by Gasteiger charge is 2.28. The van der Waals surface area contributed by atoms with Gasteiger partial charge in [0, 0.05) is 30.4 Å². The van der Waals surface area contributed by atoms with Gasteiger partial charge in [-0.25, -0.2) is 4.39 Å². The molecule has 29 heavy (non-hydrogen) atoms. The van der Waals surface area contributed by atoms with Gasteiger partial charge in [0.25, 0.3) is 11.8 Å². The molecule has 148 valence electrons. The number of nitrogens with zero attached hydrogens (tertiary/aromatic N) is 3. The number of carbonyl (C=O) groups excluding carboxylic acids is 2. The normalized spacial score (nSPS) is 13.2. The van der Waals surface area contributed by atoms with Gasteiger partial charge >= 0.3 is 0 Å². The van der Waals surface area contributed by atoms with E-state index in [1.807, 2.05) is 0 Å². The summed E-state index contributed by atoms with van der Waals surface area (Å²) in [6, 6.07) is 14.7. The second-order valence-electron chi connectivity index (χ2n) is 6.64. The van der Waals surface area contributed by atoms with Crippen molar-refractivity contribution in [1.29, 1.82) is 0 Å². The van der Waals surface area contributed by atoms with E-state index in [9.17, 15) is 14.0 Å². The number of methoxy groups -OCH3 is 1. The molecule has 0 saturated carbocycles. The number of halogens is 1. The third-order valence-corrected chi connectivity index (χ3v) is 4.77. The number of hydrogen-bond donors (Lipinski definition) is 1. The Kier molecular flexibility index (Phi) is 4.99. The number of anilines is 1. The molecule has 2 aromatic carbocycles.